The Bertz CT molecular complexity index is 207. The zero-order valence-corrected chi connectivity index (χ0v) is 9.03. The largest absolute Gasteiger partial charge is 0.365 e. The van der Waals surface area contributed by atoms with Crippen molar-refractivity contribution in [2.24, 2.45) is 5.92 Å². The predicted molar refractivity (Wildman–Crippen MR) is 53.9 cm³/mol. The lowest BCUT2D eigenvalue weighted by atomic mass is 9.86. The van der Waals surface area contributed by atoms with Crippen molar-refractivity contribution in [2.75, 3.05) is 13.6 Å². The summed E-state index contributed by atoms with van der Waals surface area (Å²) in [5, 5.41) is 0. The van der Waals surface area contributed by atoms with Crippen LogP contribution in [0.15, 0.2) is 0 Å². The monoisotopic (exact) mass is 197 g/mol. The summed E-state index contributed by atoms with van der Waals surface area (Å²) in [7, 11) is 1.89. The van der Waals surface area contributed by atoms with Crippen LogP contribution in [-0.4, -0.2) is 36.6 Å². The van der Waals surface area contributed by atoms with Crippen LogP contribution in [0.2, 0.25) is 0 Å². The highest BCUT2D eigenvalue weighted by Crippen LogP contribution is 2.30. The third-order valence-electron chi connectivity index (χ3n) is 3.45. The number of carbonyl (C=O) groups is 1. The van der Waals surface area contributed by atoms with E-state index < -0.39 is 0 Å². The molecule has 80 valence electrons. The molecular formula is C11H19NO2. The minimum absolute atomic E-state index is 0.138. The normalized spacial score (nSPS) is 39.1. The molecule has 1 aliphatic heterocycles. The number of ether oxygens (including phenoxy) is 1. The van der Waals surface area contributed by atoms with Crippen LogP contribution < -0.4 is 0 Å². The Labute approximate surface area is 85.4 Å². The van der Waals surface area contributed by atoms with Gasteiger partial charge in [-0.05, 0) is 19.8 Å². The molecule has 3 heteroatoms. The van der Waals surface area contributed by atoms with Crippen molar-refractivity contribution in [3.8, 4) is 0 Å². The highest BCUT2D eigenvalue weighted by Gasteiger charge is 2.35. The molecule has 0 aromatic heterocycles. The standard InChI is InChI=1S/C11H19NO2/c1-8-11(13)12(2)7-9-5-3-4-6-10(9)14-8/h8-10H,3-7H2,1-2H3/t8?,9-,10+/m1/s1. The molecular weight excluding hydrogens is 178 g/mol. The molecule has 0 N–H and O–H groups in total. The van der Waals surface area contributed by atoms with Crippen LogP contribution in [-0.2, 0) is 9.53 Å². The van der Waals surface area contributed by atoms with E-state index in [4.69, 9.17) is 4.74 Å². The van der Waals surface area contributed by atoms with Crippen LogP contribution in [0.1, 0.15) is 32.6 Å². The summed E-state index contributed by atoms with van der Waals surface area (Å²) in [5.41, 5.74) is 0. The van der Waals surface area contributed by atoms with E-state index in [0.717, 1.165) is 13.0 Å². The summed E-state index contributed by atoms with van der Waals surface area (Å²) < 4.78 is 5.81. The minimum Gasteiger partial charge on any atom is -0.365 e. The minimum atomic E-state index is -0.243. The van der Waals surface area contributed by atoms with Crippen molar-refractivity contribution in [1.82, 2.24) is 4.90 Å². The molecule has 2 rings (SSSR count). The molecule has 0 bridgehead atoms. The highest BCUT2D eigenvalue weighted by molar-refractivity contribution is 5.80. The Balaban J connectivity index is 2.10. The Hall–Kier alpha value is -0.570. The lowest BCUT2D eigenvalue weighted by molar-refractivity contribution is -0.141. The molecule has 2 fully saturated rings. The molecule has 1 unspecified atom stereocenters. The van der Waals surface area contributed by atoms with Gasteiger partial charge in [0.25, 0.3) is 5.91 Å². The Morgan fingerprint density at radius 2 is 2.07 bits per heavy atom. The molecule has 1 saturated carbocycles. The molecule has 0 spiro atoms. The first-order valence-corrected chi connectivity index (χ1v) is 5.59. The van der Waals surface area contributed by atoms with Crippen molar-refractivity contribution in [1.29, 1.82) is 0 Å². The molecule has 1 saturated heterocycles. The van der Waals surface area contributed by atoms with Crippen LogP contribution in [0.25, 0.3) is 0 Å². The fourth-order valence-electron chi connectivity index (χ4n) is 2.63. The fourth-order valence-corrected chi connectivity index (χ4v) is 2.63. The molecule has 0 radical (unpaired) electrons. The van der Waals surface area contributed by atoms with Gasteiger partial charge < -0.3 is 9.64 Å². The average Bonchev–Trinajstić information content (AvgIpc) is 2.28. The molecule has 1 aliphatic carbocycles. The first-order valence-electron chi connectivity index (χ1n) is 5.59. The van der Waals surface area contributed by atoms with Crippen LogP contribution in [0.5, 0.6) is 0 Å². The van der Waals surface area contributed by atoms with Gasteiger partial charge in [0.2, 0.25) is 0 Å². The third-order valence-corrected chi connectivity index (χ3v) is 3.45. The number of likely N-dealkylation sites (N-methyl/N-ethyl adjacent to an activating group) is 1. The van der Waals surface area contributed by atoms with E-state index in [9.17, 15) is 4.79 Å². The van der Waals surface area contributed by atoms with Crippen molar-refractivity contribution in [3.05, 3.63) is 0 Å². The van der Waals surface area contributed by atoms with E-state index in [-0.39, 0.29) is 12.0 Å². The van der Waals surface area contributed by atoms with E-state index in [2.05, 4.69) is 0 Å². The zero-order chi connectivity index (χ0) is 10.1. The van der Waals surface area contributed by atoms with Crippen LogP contribution in [0, 0.1) is 5.92 Å². The molecule has 0 aromatic carbocycles. The van der Waals surface area contributed by atoms with Gasteiger partial charge in [-0.1, -0.05) is 12.8 Å². The predicted octanol–water partition coefficient (Wildman–Crippen LogP) is 1.42. The lowest BCUT2D eigenvalue weighted by Crippen LogP contribution is -2.35. The van der Waals surface area contributed by atoms with Gasteiger partial charge in [0.05, 0.1) is 6.10 Å². The Kier molecular flexibility index (Phi) is 2.77. The molecule has 0 aromatic rings. The van der Waals surface area contributed by atoms with Gasteiger partial charge in [0, 0.05) is 19.5 Å². The molecule has 14 heavy (non-hydrogen) atoms. The first-order chi connectivity index (χ1) is 6.68. The van der Waals surface area contributed by atoms with Gasteiger partial charge in [-0.25, -0.2) is 0 Å². The van der Waals surface area contributed by atoms with Gasteiger partial charge in [-0.3, -0.25) is 4.79 Å². The van der Waals surface area contributed by atoms with Crippen molar-refractivity contribution in [3.63, 3.8) is 0 Å². The summed E-state index contributed by atoms with van der Waals surface area (Å²) in [4.78, 5) is 13.5. The number of carbonyl (C=O) groups excluding carboxylic acids is 1. The summed E-state index contributed by atoms with van der Waals surface area (Å²) in [6.45, 7) is 2.75. The molecule has 1 amide bonds. The van der Waals surface area contributed by atoms with Crippen LogP contribution in [0.4, 0.5) is 0 Å². The van der Waals surface area contributed by atoms with Gasteiger partial charge >= 0.3 is 0 Å². The molecule has 2 aliphatic rings. The maximum Gasteiger partial charge on any atom is 0.251 e. The topological polar surface area (TPSA) is 29.5 Å². The van der Waals surface area contributed by atoms with Crippen LogP contribution >= 0.6 is 0 Å². The molecule has 1 heterocycles. The smallest absolute Gasteiger partial charge is 0.251 e. The van der Waals surface area contributed by atoms with Crippen molar-refractivity contribution >= 4 is 5.91 Å². The molecule has 3 nitrogen and oxygen atoms in total. The van der Waals surface area contributed by atoms with E-state index in [1.165, 1.54) is 19.3 Å². The summed E-state index contributed by atoms with van der Waals surface area (Å²) in [6, 6.07) is 0. The second-order valence-electron chi connectivity index (χ2n) is 4.58. The first kappa shape index (κ1) is 9.97. The van der Waals surface area contributed by atoms with Gasteiger partial charge in [-0.2, -0.15) is 0 Å². The lowest BCUT2D eigenvalue weighted by Gasteiger charge is -2.30. The maximum absolute atomic E-state index is 11.7. The van der Waals surface area contributed by atoms with Gasteiger partial charge in [-0.15, -0.1) is 0 Å². The van der Waals surface area contributed by atoms with E-state index in [0.29, 0.717) is 12.0 Å². The van der Waals surface area contributed by atoms with Crippen molar-refractivity contribution in [2.45, 2.75) is 44.8 Å². The Morgan fingerprint density at radius 1 is 1.36 bits per heavy atom. The Morgan fingerprint density at radius 3 is 2.86 bits per heavy atom. The third kappa shape index (κ3) is 1.78. The van der Waals surface area contributed by atoms with Gasteiger partial charge in [0.15, 0.2) is 0 Å². The number of fused-ring (bicyclic) bond motifs is 1. The SMILES string of the molecule is CC1O[C@H]2CCCC[C@@H]2CN(C)C1=O. The summed E-state index contributed by atoms with van der Waals surface area (Å²) in [6.07, 6.45) is 4.98. The highest BCUT2D eigenvalue weighted by atomic mass is 16.5. The number of amides is 1. The van der Waals surface area contributed by atoms with Crippen molar-refractivity contribution < 1.29 is 9.53 Å². The number of nitrogens with zero attached hydrogens (tertiary/aromatic N) is 1. The number of hydrogen-bond acceptors (Lipinski definition) is 2. The van der Waals surface area contributed by atoms with Gasteiger partial charge in [0.1, 0.15) is 6.10 Å². The van der Waals surface area contributed by atoms with Crippen LogP contribution in [0.3, 0.4) is 0 Å². The van der Waals surface area contributed by atoms with E-state index in [1.807, 2.05) is 18.9 Å². The van der Waals surface area contributed by atoms with E-state index >= 15 is 0 Å². The zero-order valence-electron chi connectivity index (χ0n) is 9.03. The summed E-state index contributed by atoms with van der Waals surface area (Å²) in [5.74, 6) is 0.710. The second-order valence-corrected chi connectivity index (χ2v) is 4.58. The quantitative estimate of drug-likeness (QED) is 0.588. The van der Waals surface area contributed by atoms with E-state index in [1.54, 1.807) is 0 Å². The molecule has 3 atom stereocenters. The maximum atomic E-state index is 11.7. The second kappa shape index (κ2) is 3.89. The number of rotatable bonds is 0. The average molecular weight is 197 g/mol. The number of hydrogen-bond donors (Lipinski definition) is 0. The fraction of sp³-hybridized carbons (Fsp3) is 0.909. The summed E-state index contributed by atoms with van der Waals surface area (Å²) >= 11 is 0.